The summed E-state index contributed by atoms with van der Waals surface area (Å²) in [5.74, 6) is 0. The van der Waals surface area contributed by atoms with Gasteiger partial charge in [-0.3, -0.25) is 0 Å². The maximum absolute atomic E-state index is 3.49. The van der Waals surface area contributed by atoms with Crippen LogP contribution in [-0.2, 0) is 0 Å². The molecule has 0 aromatic rings. The molecule has 4 N–H and O–H groups in total. The second-order valence-corrected chi connectivity index (χ2v) is 4.62. The number of halogens is 4. The lowest BCUT2D eigenvalue weighted by Gasteiger charge is -2.06. The SMILES string of the molecule is Br.Br.Br.Br.CCNCCCNCCCCNCCCNCC. The Morgan fingerprint density at radius 1 is 0.409 bits per heavy atom. The van der Waals surface area contributed by atoms with E-state index in [1.165, 1.54) is 25.7 Å². The molecule has 0 bridgehead atoms. The van der Waals surface area contributed by atoms with E-state index in [-0.39, 0.29) is 67.9 Å². The molecule has 0 aliphatic carbocycles. The molecule has 0 amide bonds. The summed E-state index contributed by atoms with van der Waals surface area (Å²) < 4.78 is 0. The van der Waals surface area contributed by atoms with Gasteiger partial charge in [-0.15, -0.1) is 67.9 Å². The second kappa shape index (κ2) is 34.2. The molecule has 0 spiro atoms. The molecule has 0 unspecified atom stereocenters. The molecular formula is C14H38Br4N4. The maximum Gasteiger partial charge on any atom is -0.00368 e. The molecule has 22 heavy (non-hydrogen) atoms. The molecule has 0 atom stereocenters. The molecule has 142 valence electrons. The molecule has 4 nitrogen and oxygen atoms in total. The van der Waals surface area contributed by atoms with Crippen molar-refractivity contribution in [2.75, 3.05) is 52.4 Å². The minimum absolute atomic E-state index is 0. The summed E-state index contributed by atoms with van der Waals surface area (Å²) in [5.41, 5.74) is 0. The average Bonchev–Trinajstić information content (AvgIpc) is 2.39. The molecule has 0 aromatic heterocycles. The highest BCUT2D eigenvalue weighted by molar-refractivity contribution is 8.93. The van der Waals surface area contributed by atoms with Gasteiger partial charge in [0.25, 0.3) is 0 Å². The van der Waals surface area contributed by atoms with E-state index in [9.17, 15) is 0 Å². The fourth-order valence-corrected chi connectivity index (χ4v) is 1.78. The zero-order valence-electron chi connectivity index (χ0n) is 14.1. The summed E-state index contributed by atoms with van der Waals surface area (Å²) in [5, 5.41) is 13.6. The minimum Gasteiger partial charge on any atom is -0.317 e. The summed E-state index contributed by atoms with van der Waals surface area (Å²) in [6.45, 7) is 13.3. The molecule has 8 heteroatoms. The molecule has 0 aliphatic heterocycles. The number of hydrogen-bond acceptors (Lipinski definition) is 4. The van der Waals surface area contributed by atoms with E-state index in [1.807, 2.05) is 0 Å². The topological polar surface area (TPSA) is 48.1 Å². The predicted octanol–water partition coefficient (Wildman–Crippen LogP) is 3.26. The Bertz CT molecular complexity index is 141. The third-order valence-electron chi connectivity index (χ3n) is 2.87. The summed E-state index contributed by atoms with van der Waals surface area (Å²) in [7, 11) is 0. The molecule has 0 heterocycles. The van der Waals surface area contributed by atoms with Crippen LogP contribution in [0.3, 0.4) is 0 Å². The molecule has 0 saturated carbocycles. The second-order valence-electron chi connectivity index (χ2n) is 4.62. The van der Waals surface area contributed by atoms with Crippen molar-refractivity contribution in [2.24, 2.45) is 0 Å². The smallest absolute Gasteiger partial charge is 0.00368 e. The van der Waals surface area contributed by atoms with Gasteiger partial charge in [0.2, 0.25) is 0 Å². The minimum atomic E-state index is 0. The average molecular weight is 582 g/mol. The van der Waals surface area contributed by atoms with Crippen LogP contribution in [0.4, 0.5) is 0 Å². The van der Waals surface area contributed by atoms with Crippen molar-refractivity contribution in [1.29, 1.82) is 0 Å². The molecule has 0 radical (unpaired) electrons. The van der Waals surface area contributed by atoms with E-state index in [1.54, 1.807) is 0 Å². The summed E-state index contributed by atoms with van der Waals surface area (Å²) in [6, 6.07) is 0. The van der Waals surface area contributed by atoms with Gasteiger partial charge in [-0.1, -0.05) is 13.8 Å². The Kier molecular flexibility index (Phi) is 54.3. The fourth-order valence-electron chi connectivity index (χ4n) is 1.78. The lowest BCUT2D eigenvalue weighted by atomic mass is 10.3. The van der Waals surface area contributed by atoms with Gasteiger partial charge >= 0.3 is 0 Å². The lowest BCUT2D eigenvalue weighted by molar-refractivity contribution is 0.552. The van der Waals surface area contributed by atoms with Crippen molar-refractivity contribution >= 4 is 67.9 Å². The van der Waals surface area contributed by atoms with Crippen LogP contribution in [-0.4, -0.2) is 52.4 Å². The van der Waals surface area contributed by atoms with Gasteiger partial charge in [0.05, 0.1) is 0 Å². The maximum atomic E-state index is 3.49. The Hall–Kier alpha value is 1.76. The molecular weight excluding hydrogens is 544 g/mol. The van der Waals surface area contributed by atoms with E-state index in [2.05, 4.69) is 35.1 Å². The number of nitrogens with one attached hydrogen (secondary N) is 4. The van der Waals surface area contributed by atoms with Crippen molar-refractivity contribution in [1.82, 2.24) is 21.3 Å². The van der Waals surface area contributed by atoms with Gasteiger partial charge in [0.1, 0.15) is 0 Å². The van der Waals surface area contributed by atoms with Crippen molar-refractivity contribution < 1.29 is 0 Å². The predicted molar refractivity (Wildman–Crippen MR) is 123 cm³/mol. The summed E-state index contributed by atoms with van der Waals surface area (Å²) in [4.78, 5) is 0. The molecule has 0 fully saturated rings. The number of unbranched alkanes of at least 4 members (excludes halogenated alkanes) is 1. The van der Waals surface area contributed by atoms with Gasteiger partial charge in [0.15, 0.2) is 0 Å². The van der Waals surface area contributed by atoms with Gasteiger partial charge in [-0.2, -0.15) is 0 Å². The zero-order valence-corrected chi connectivity index (χ0v) is 21.0. The summed E-state index contributed by atoms with van der Waals surface area (Å²) >= 11 is 0. The third-order valence-corrected chi connectivity index (χ3v) is 2.87. The van der Waals surface area contributed by atoms with Crippen LogP contribution in [0.5, 0.6) is 0 Å². The Labute approximate surface area is 180 Å². The van der Waals surface area contributed by atoms with Gasteiger partial charge in [-0.25, -0.2) is 0 Å². The number of rotatable bonds is 15. The van der Waals surface area contributed by atoms with Crippen LogP contribution in [0.2, 0.25) is 0 Å². The first-order valence-corrected chi connectivity index (χ1v) is 7.74. The quantitative estimate of drug-likeness (QED) is 0.224. The van der Waals surface area contributed by atoms with E-state index >= 15 is 0 Å². The van der Waals surface area contributed by atoms with E-state index < -0.39 is 0 Å². The molecule has 0 rings (SSSR count). The van der Waals surface area contributed by atoms with E-state index in [0.29, 0.717) is 0 Å². The van der Waals surface area contributed by atoms with Crippen LogP contribution in [0.1, 0.15) is 39.5 Å². The van der Waals surface area contributed by atoms with Crippen LogP contribution >= 0.6 is 67.9 Å². The summed E-state index contributed by atoms with van der Waals surface area (Å²) in [6.07, 6.45) is 5.02. The first-order valence-electron chi connectivity index (χ1n) is 7.74. The monoisotopic (exact) mass is 578 g/mol. The Morgan fingerprint density at radius 2 is 0.682 bits per heavy atom. The first kappa shape index (κ1) is 35.0. The van der Waals surface area contributed by atoms with Crippen LogP contribution in [0.25, 0.3) is 0 Å². The molecule has 0 saturated heterocycles. The van der Waals surface area contributed by atoms with Crippen LogP contribution < -0.4 is 21.3 Å². The standard InChI is InChI=1S/C14H34N4.4BrH/c1-3-15-11-7-13-17-9-5-6-10-18-14-8-12-16-4-2;;;;/h15-18H,3-14H2,1-2H3;4*1H. The first-order chi connectivity index (χ1) is 8.91. The normalized spacial score (nSPS) is 9.00. The van der Waals surface area contributed by atoms with Crippen molar-refractivity contribution in [3.05, 3.63) is 0 Å². The molecule has 0 aliphatic rings. The van der Waals surface area contributed by atoms with Gasteiger partial charge < -0.3 is 21.3 Å². The number of hydrogen-bond donors (Lipinski definition) is 4. The van der Waals surface area contributed by atoms with Crippen molar-refractivity contribution in [2.45, 2.75) is 39.5 Å². The Morgan fingerprint density at radius 3 is 1.00 bits per heavy atom. The highest BCUT2D eigenvalue weighted by atomic mass is 79.9. The fraction of sp³-hybridized carbons (Fsp3) is 1.00. The van der Waals surface area contributed by atoms with E-state index in [0.717, 1.165) is 52.4 Å². The van der Waals surface area contributed by atoms with Crippen molar-refractivity contribution in [3.63, 3.8) is 0 Å². The highest BCUT2D eigenvalue weighted by Gasteiger charge is 1.91. The Balaban J connectivity index is -0.000000241. The third kappa shape index (κ3) is 33.4. The van der Waals surface area contributed by atoms with Crippen LogP contribution in [0, 0.1) is 0 Å². The highest BCUT2D eigenvalue weighted by Crippen LogP contribution is 1.85. The molecule has 0 aromatic carbocycles. The van der Waals surface area contributed by atoms with Gasteiger partial charge in [-0.05, 0) is 78.0 Å². The van der Waals surface area contributed by atoms with Crippen LogP contribution in [0.15, 0.2) is 0 Å². The lowest BCUT2D eigenvalue weighted by Crippen LogP contribution is -2.24. The van der Waals surface area contributed by atoms with Crippen molar-refractivity contribution in [3.8, 4) is 0 Å². The largest absolute Gasteiger partial charge is 0.317 e. The zero-order chi connectivity index (χ0) is 13.3. The van der Waals surface area contributed by atoms with E-state index in [4.69, 9.17) is 0 Å². The van der Waals surface area contributed by atoms with Gasteiger partial charge in [0, 0.05) is 0 Å².